The molecule has 1 saturated carbocycles. The molecule has 1 aromatic carbocycles. The zero-order valence-electron chi connectivity index (χ0n) is 10.0. The highest BCUT2D eigenvalue weighted by molar-refractivity contribution is 5.58. The van der Waals surface area contributed by atoms with Gasteiger partial charge >= 0.3 is 0 Å². The number of hydrogen-bond acceptors (Lipinski definition) is 3. The minimum absolute atomic E-state index is 0.108. The molecule has 0 saturated heterocycles. The van der Waals surface area contributed by atoms with Gasteiger partial charge in [0.05, 0.1) is 5.69 Å². The molecule has 18 heavy (non-hydrogen) atoms. The van der Waals surface area contributed by atoms with Crippen molar-refractivity contribution in [3.8, 4) is 11.3 Å². The molecular formula is C14H15N3O. The van der Waals surface area contributed by atoms with Gasteiger partial charge in [0.1, 0.15) is 0 Å². The number of nitrogens with zero attached hydrogens (tertiary/aromatic N) is 1. The van der Waals surface area contributed by atoms with Crippen LogP contribution in [0, 0.1) is 0 Å². The van der Waals surface area contributed by atoms with Crippen LogP contribution >= 0.6 is 0 Å². The molecule has 4 nitrogen and oxygen atoms in total. The van der Waals surface area contributed by atoms with Gasteiger partial charge in [-0.1, -0.05) is 30.3 Å². The first-order valence-corrected chi connectivity index (χ1v) is 6.20. The summed E-state index contributed by atoms with van der Waals surface area (Å²) in [7, 11) is 0. The third-order valence-electron chi connectivity index (χ3n) is 3.11. The summed E-state index contributed by atoms with van der Waals surface area (Å²) in [6, 6.07) is 12.3. The summed E-state index contributed by atoms with van der Waals surface area (Å²) in [4.78, 5) is 11.7. The minimum Gasteiger partial charge on any atom is -0.310 e. The topological polar surface area (TPSA) is 57.8 Å². The SMILES string of the molecule is O=c1[nH]nc(-c2ccccc2)cc1CNC1CC1. The summed E-state index contributed by atoms with van der Waals surface area (Å²) >= 11 is 0. The molecule has 1 fully saturated rings. The van der Waals surface area contributed by atoms with E-state index in [1.54, 1.807) is 0 Å². The van der Waals surface area contributed by atoms with Gasteiger partial charge < -0.3 is 5.32 Å². The average molecular weight is 241 g/mol. The van der Waals surface area contributed by atoms with Crippen molar-refractivity contribution in [2.24, 2.45) is 0 Å². The molecule has 0 radical (unpaired) electrons. The predicted molar refractivity (Wildman–Crippen MR) is 70.2 cm³/mol. The first-order chi connectivity index (χ1) is 8.83. The van der Waals surface area contributed by atoms with E-state index in [0.717, 1.165) is 16.8 Å². The summed E-state index contributed by atoms with van der Waals surface area (Å²) in [6.45, 7) is 0.613. The molecule has 3 rings (SSSR count). The lowest BCUT2D eigenvalue weighted by Gasteiger charge is -2.04. The van der Waals surface area contributed by atoms with Gasteiger partial charge in [0.15, 0.2) is 0 Å². The fourth-order valence-electron chi connectivity index (χ4n) is 1.88. The molecule has 1 aliphatic carbocycles. The van der Waals surface area contributed by atoms with Crippen LogP contribution in [0.15, 0.2) is 41.2 Å². The Morgan fingerprint density at radius 2 is 2.06 bits per heavy atom. The van der Waals surface area contributed by atoms with Crippen molar-refractivity contribution in [3.05, 3.63) is 52.3 Å². The van der Waals surface area contributed by atoms with Crippen LogP contribution in [-0.4, -0.2) is 16.2 Å². The Hall–Kier alpha value is -1.94. The van der Waals surface area contributed by atoms with E-state index in [-0.39, 0.29) is 5.56 Å². The molecule has 2 N–H and O–H groups in total. The number of aromatic amines is 1. The van der Waals surface area contributed by atoms with Crippen LogP contribution in [0.3, 0.4) is 0 Å². The summed E-state index contributed by atoms with van der Waals surface area (Å²) in [5.74, 6) is 0. The molecule has 1 aromatic heterocycles. The molecular weight excluding hydrogens is 226 g/mol. The maximum absolute atomic E-state index is 11.7. The number of nitrogens with one attached hydrogen (secondary N) is 2. The first-order valence-electron chi connectivity index (χ1n) is 6.20. The van der Waals surface area contributed by atoms with Crippen molar-refractivity contribution in [1.29, 1.82) is 0 Å². The summed E-state index contributed by atoms with van der Waals surface area (Å²) < 4.78 is 0. The lowest BCUT2D eigenvalue weighted by Crippen LogP contribution is -2.23. The summed E-state index contributed by atoms with van der Waals surface area (Å²) in [5.41, 5.74) is 2.46. The van der Waals surface area contributed by atoms with Gasteiger partial charge in [-0.25, -0.2) is 5.10 Å². The third kappa shape index (κ3) is 2.49. The standard InChI is InChI=1S/C14H15N3O/c18-14-11(9-15-12-6-7-12)8-13(16-17-14)10-4-2-1-3-5-10/h1-5,8,12,15H,6-7,9H2,(H,17,18). The lowest BCUT2D eigenvalue weighted by atomic mass is 10.1. The summed E-state index contributed by atoms with van der Waals surface area (Å²) in [6.07, 6.45) is 2.43. The highest BCUT2D eigenvalue weighted by Crippen LogP contribution is 2.19. The first kappa shape index (κ1) is 11.2. The molecule has 92 valence electrons. The fourth-order valence-corrected chi connectivity index (χ4v) is 1.88. The fraction of sp³-hybridized carbons (Fsp3) is 0.286. The van der Waals surface area contributed by atoms with Crippen LogP contribution in [-0.2, 0) is 6.54 Å². The molecule has 0 unspecified atom stereocenters. The molecule has 1 aliphatic rings. The average Bonchev–Trinajstić information content (AvgIpc) is 3.23. The maximum Gasteiger partial charge on any atom is 0.268 e. The van der Waals surface area contributed by atoms with Gasteiger partial charge in [-0.05, 0) is 18.9 Å². The van der Waals surface area contributed by atoms with E-state index in [0.29, 0.717) is 12.6 Å². The van der Waals surface area contributed by atoms with Gasteiger partial charge in [0.2, 0.25) is 0 Å². The van der Waals surface area contributed by atoms with E-state index >= 15 is 0 Å². The predicted octanol–water partition coefficient (Wildman–Crippen LogP) is 1.69. The Balaban J connectivity index is 1.87. The Bertz CT molecular complexity index is 587. The van der Waals surface area contributed by atoms with Crippen molar-refractivity contribution in [3.63, 3.8) is 0 Å². The third-order valence-corrected chi connectivity index (χ3v) is 3.11. The number of hydrogen-bond donors (Lipinski definition) is 2. The molecule has 0 aliphatic heterocycles. The van der Waals surface area contributed by atoms with Crippen LogP contribution in [0.1, 0.15) is 18.4 Å². The zero-order valence-corrected chi connectivity index (χ0v) is 10.0. The van der Waals surface area contributed by atoms with Crippen molar-refractivity contribution in [1.82, 2.24) is 15.5 Å². The second kappa shape index (κ2) is 4.74. The molecule has 0 bridgehead atoms. The van der Waals surface area contributed by atoms with Gasteiger partial charge in [0, 0.05) is 23.7 Å². The van der Waals surface area contributed by atoms with E-state index < -0.39 is 0 Å². The Morgan fingerprint density at radius 1 is 1.28 bits per heavy atom. The normalized spacial score (nSPS) is 14.7. The molecule has 0 amide bonds. The highest BCUT2D eigenvalue weighted by Gasteiger charge is 2.20. The Labute approximate surface area is 105 Å². The van der Waals surface area contributed by atoms with Gasteiger partial charge in [-0.2, -0.15) is 5.10 Å². The molecule has 0 atom stereocenters. The van der Waals surface area contributed by atoms with Gasteiger partial charge in [-0.15, -0.1) is 0 Å². The van der Waals surface area contributed by atoms with Gasteiger partial charge in [0.25, 0.3) is 5.56 Å². The quantitative estimate of drug-likeness (QED) is 0.856. The van der Waals surface area contributed by atoms with E-state index in [4.69, 9.17) is 0 Å². The Kier molecular flexibility index (Phi) is 2.94. The van der Waals surface area contributed by atoms with Crippen LogP contribution in [0.2, 0.25) is 0 Å². The van der Waals surface area contributed by atoms with E-state index in [9.17, 15) is 4.79 Å². The van der Waals surface area contributed by atoms with Crippen molar-refractivity contribution in [2.45, 2.75) is 25.4 Å². The van der Waals surface area contributed by atoms with E-state index in [1.165, 1.54) is 12.8 Å². The van der Waals surface area contributed by atoms with Crippen molar-refractivity contribution < 1.29 is 0 Å². The number of benzene rings is 1. The van der Waals surface area contributed by atoms with Crippen LogP contribution in [0.4, 0.5) is 0 Å². The van der Waals surface area contributed by atoms with E-state index in [1.807, 2.05) is 36.4 Å². The van der Waals surface area contributed by atoms with E-state index in [2.05, 4.69) is 15.5 Å². The smallest absolute Gasteiger partial charge is 0.268 e. The maximum atomic E-state index is 11.7. The largest absolute Gasteiger partial charge is 0.310 e. The van der Waals surface area contributed by atoms with Crippen LogP contribution in [0.25, 0.3) is 11.3 Å². The van der Waals surface area contributed by atoms with Gasteiger partial charge in [-0.3, -0.25) is 4.79 Å². The molecule has 0 spiro atoms. The second-order valence-corrected chi connectivity index (χ2v) is 4.63. The minimum atomic E-state index is -0.108. The van der Waals surface area contributed by atoms with Crippen LogP contribution in [0.5, 0.6) is 0 Å². The molecule has 2 aromatic rings. The Morgan fingerprint density at radius 3 is 2.78 bits per heavy atom. The van der Waals surface area contributed by atoms with Crippen molar-refractivity contribution >= 4 is 0 Å². The van der Waals surface area contributed by atoms with Crippen LogP contribution < -0.4 is 10.9 Å². The zero-order chi connectivity index (χ0) is 12.4. The number of rotatable bonds is 4. The summed E-state index contributed by atoms with van der Waals surface area (Å²) in [5, 5.41) is 10.00. The number of H-pyrrole nitrogens is 1. The monoisotopic (exact) mass is 241 g/mol. The second-order valence-electron chi connectivity index (χ2n) is 4.63. The molecule has 4 heteroatoms. The number of aromatic nitrogens is 2. The highest BCUT2D eigenvalue weighted by atomic mass is 16.1. The van der Waals surface area contributed by atoms with Crippen molar-refractivity contribution in [2.75, 3.05) is 0 Å². The lowest BCUT2D eigenvalue weighted by molar-refractivity contribution is 0.679. The molecule has 1 heterocycles.